The van der Waals surface area contributed by atoms with E-state index in [0.29, 0.717) is 5.56 Å². The van der Waals surface area contributed by atoms with E-state index in [1.165, 1.54) is 0 Å². The zero-order chi connectivity index (χ0) is 26.1. The lowest BCUT2D eigenvalue weighted by molar-refractivity contribution is -0.160. The average molecular weight is 568 g/mol. The molecule has 5 atom stereocenters. The number of benzene rings is 2. The van der Waals surface area contributed by atoms with Crippen LogP contribution in [0.25, 0.3) is 0 Å². The average Bonchev–Trinajstić information content (AvgIpc) is 3.59. The van der Waals surface area contributed by atoms with Crippen molar-refractivity contribution in [3.05, 3.63) is 70.2 Å². The summed E-state index contributed by atoms with van der Waals surface area (Å²) >= 11 is 3.28. The van der Waals surface area contributed by atoms with Crippen LogP contribution in [0.4, 0.5) is 0 Å². The molecule has 2 aromatic rings. The van der Waals surface area contributed by atoms with Gasteiger partial charge in [0.2, 0.25) is 11.8 Å². The number of imide groups is 1. The van der Waals surface area contributed by atoms with Crippen LogP contribution in [0.5, 0.6) is 0 Å². The highest BCUT2D eigenvalue weighted by molar-refractivity contribution is 9.10. The number of esters is 1. The van der Waals surface area contributed by atoms with Gasteiger partial charge in [-0.25, -0.2) is 4.79 Å². The Labute approximate surface area is 222 Å². The number of carbonyl (C=O) groups is 5. The first-order chi connectivity index (χ1) is 17.8. The second-order valence-electron chi connectivity index (χ2n) is 9.75. The summed E-state index contributed by atoms with van der Waals surface area (Å²) < 4.78 is 6.04. The minimum Gasteiger partial charge on any atom is -0.454 e. The number of carbonyl (C=O) groups excluding carboxylic acids is 5. The van der Waals surface area contributed by atoms with Crippen LogP contribution in [0.2, 0.25) is 0 Å². The highest BCUT2D eigenvalue weighted by Gasteiger charge is 2.62. The first-order valence-electron chi connectivity index (χ1n) is 12.3. The normalized spacial score (nSPS) is 24.5. The van der Waals surface area contributed by atoms with Gasteiger partial charge in [-0.05, 0) is 60.9 Å². The number of hydrogen-bond acceptors (Lipinski definition) is 6. The van der Waals surface area contributed by atoms with Crippen LogP contribution in [0, 0.1) is 23.7 Å². The van der Waals surface area contributed by atoms with Gasteiger partial charge >= 0.3 is 5.97 Å². The molecule has 3 aliphatic rings. The number of nitrogens with one attached hydrogen (secondary N) is 2. The van der Waals surface area contributed by atoms with Crippen molar-refractivity contribution in [2.75, 3.05) is 6.61 Å². The lowest BCUT2D eigenvalue weighted by Crippen LogP contribution is -2.49. The van der Waals surface area contributed by atoms with Gasteiger partial charge < -0.3 is 4.74 Å². The van der Waals surface area contributed by atoms with E-state index in [9.17, 15) is 24.0 Å². The number of amides is 4. The Bertz CT molecular complexity index is 1210. The second kappa shape index (κ2) is 10.5. The summed E-state index contributed by atoms with van der Waals surface area (Å²) in [6, 6.07) is 14.4. The Hall–Kier alpha value is -3.53. The topological polar surface area (TPSA) is 122 Å². The van der Waals surface area contributed by atoms with Crippen LogP contribution in [-0.2, 0) is 30.3 Å². The maximum atomic E-state index is 13.4. The van der Waals surface area contributed by atoms with E-state index < -0.39 is 30.4 Å². The van der Waals surface area contributed by atoms with Crippen LogP contribution >= 0.6 is 15.9 Å². The SMILES string of the molecule is O=C(COC(=O)[C@@H](Cc1ccccc1)N1C(=O)[C@@H]2[C@H]3CC[C@@H](C3)[C@@H]2C1=O)NNC(=O)c1ccc(Br)cc1. The molecule has 2 aliphatic carbocycles. The molecule has 0 aromatic heterocycles. The third kappa shape index (κ3) is 5.02. The van der Waals surface area contributed by atoms with Crippen molar-refractivity contribution in [1.82, 2.24) is 15.8 Å². The Morgan fingerprint density at radius 1 is 0.919 bits per heavy atom. The Balaban J connectivity index is 1.24. The molecule has 4 amide bonds. The molecule has 2 aromatic carbocycles. The van der Waals surface area contributed by atoms with Crippen molar-refractivity contribution in [1.29, 1.82) is 0 Å². The van der Waals surface area contributed by atoms with E-state index in [-0.39, 0.29) is 41.9 Å². The number of ether oxygens (including phenoxy) is 1. The predicted molar refractivity (Wildman–Crippen MR) is 134 cm³/mol. The van der Waals surface area contributed by atoms with Crippen molar-refractivity contribution in [3.8, 4) is 0 Å². The van der Waals surface area contributed by atoms with Gasteiger partial charge in [0.15, 0.2) is 6.61 Å². The van der Waals surface area contributed by atoms with Gasteiger partial charge in [0, 0.05) is 16.5 Å². The molecule has 37 heavy (non-hydrogen) atoms. The largest absolute Gasteiger partial charge is 0.454 e. The summed E-state index contributed by atoms with van der Waals surface area (Å²) in [7, 11) is 0. The Kier molecular flexibility index (Phi) is 7.10. The Morgan fingerprint density at radius 2 is 1.54 bits per heavy atom. The predicted octanol–water partition coefficient (Wildman–Crippen LogP) is 2.40. The van der Waals surface area contributed by atoms with Gasteiger partial charge in [-0.1, -0.05) is 46.3 Å². The first-order valence-corrected chi connectivity index (χ1v) is 13.0. The molecule has 2 saturated carbocycles. The molecule has 1 aliphatic heterocycles. The van der Waals surface area contributed by atoms with Crippen LogP contribution < -0.4 is 10.9 Å². The van der Waals surface area contributed by atoms with Gasteiger partial charge in [-0.3, -0.25) is 34.9 Å². The van der Waals surface area contributed by atoms with Crippen molar-refractivity contribution in [2.24, 2.45) is 23.7 Å². The lowest BCUT2D eigenvalue weighted by Gasteiger charge is -2.26. The number of likely N-dealkylation sites (tertiary alicyclic amines) is 1. The molecule has 10 heteroatoms. The molecule has 2 bridgehead atoms. The molecular weight excluding hydrogens is 542 g/mol. The third-order valence-electron chi connectivity index (χ3n) is 7.58. The van der Waals surface area contributed by atoms with Crippen molar-refractivity contribution in [3.63, 3.8) is 0 Å². The fraction of sp³-hybridized carbons (Fsp3) is 0.370. The summed E-state index contributed by atoms with van der Waals surface area (Å²) in [6.07, 6.45) is 2.84. The highest BCUT2D eigenvalue weighted by Crippen LogP contribution is 2.56. The third-order valence-corrected chi connectivity index (χ3v) is 8.11. The quantitative estimate of drug-likeness (QED) is 0.301. The summed E-state index contributed by atoms with van der Waals surface area (Å²) in [5, 5.41) is 0. The fourth-order valence-corrected chi connectivity index (χ4v) is 6.19. The monoisotopic (exact) mass is 567 g/mol. The molecule has 2 N–H and O–H groups in total. The Morgan fingerprint density at radius 3 is 2.16 bits per heavy atom. The van der Waals surface area contributed by atoms with Gasteiger partial charge in [0.25, 0.3) is 11.8 Å². The van der Waals surface area contributed by atoms with Gasteiger partial charge in [-0.15, -0.1) is 0 Å². The minimum absolute atomic E-state index is 0.0911. The van der Waals surface area contributed by atoms with E-state index in [1.54, 1.807) is 36.4 Å². The van der Waals surface area contributed by atoms with Crippen LogP contribution in [0.3, 0.4) is 0 Å². The standard InChI is InChI=1S/C27H26BrN3O6/c28-19-10-8-16(9-11-19)24(33)30-29-21(32)14-37-27(36)20(12-15-4-2-1-3-5-15)31-25(34)22-17-6-7-18(13-17)23(22)26(31)35/h1-5,8-11,17-18,20,22-23H,6-7,12-14H2,(H,29,32)(H,30,33)/t17-,18-,20+,22-,23+/m0/s1. The minimum atomic E-state index is -1.17. The molecule has 9 nitrogen and oxygen atoms in total. The molecule has 0 unspecified atom stereocenters. The van der Waals surface area contributed by atoms with Crippen LogP contribution in [0.15, 0.2) is 59.1 Å². The molecular formula is C27H26BrN3O6. The van der Waals surface area contributed by atoms with Crippen LogP contribution in [-0.4, -0.2) is 47.1 Å². The molecule has 3 fully saturated rings. The number of hydrazine groups is 1. The van der Waals surface area contributed by atoms with E-state index >= 15 is 0 Å². The molecule has 1 saturated heterocycles. The fourth-order valence-electron chi connectivity index (χ4n) is 5.93. The smallest absolute Gasteiger partial charge is 0.330 e. The molecule has 1 heterocycles. The number of rotatable bonds is 7. The molecule has 0 radical (unpaired) electrons. The summed E-state index contributed by atoms with van der Waals surface area (Å²) in [5.74, 6) is -3.13. The van der Waals surface area contributed by atoms with E-state index in [2.05, 4.69) is 26.8 Å². The van der Waals surface area contributed by atoms with E-state index in [4.69, 9.17) is 4.74 Å². The lowest BCUT2D eigenvalue weighted by atomic mass is 9.81. The van der Waals surface area contributed by atoms with E-state index in [1.807, 2.05) is 18.2 Å². The molecule has 192 valence electrons. The number of halogens is 1. The van der Waals surface area contributed by atoms with Crippen LogP contribution in [0.1, 0.15) is 35.2 Å². The summed E-state index contributed by atoms with van der Waals surface area (Å²) in [4.78, 5) is 65.4. The summed E-state index contributed by atoms with van der Waals surface area (Å²) in [6.45, 7) is -0.681. The summed E-state index contributed by atoms with van der Waals surface area (Å²) in [5.41, 5.74) is 5.55. The number of hydrogen-bond donors (Lipinski definition) is 2. The van der Waals surface area contributed by atoms with Gasteiger partial charge in [0.05, 0.1) is 11.8 Å². The highest BCUT2D eigenvalue weighted by atomic mass is 79.9. The zero-order valence-electron chi connectivity index (χ0n) is 19.9. The maximum Gasteiger partial charge on any atom is 0.330 e. The molecule has 0 spiro atoms. The molecule has 5 rings (SSSR count). The van der Waals surface area contributed by atoms with Crippen molar-refractivity contribution in [2.45, 2.75) is 31.7 Å². The van der Waals surface area contributed by atoms with Gasteiger partial charge in [0.1, 0.15) is 6.04 Å². The first kappa shape index (κ1) is 25.1. The maximum absolute atomic E-state index is 13.4. The number of nitrogens with zero attached hydrogens (tertiary/aromatic N) is 1. The van der Waals surface area contributed by atoms with Gasteiger partial charge in [-0.2, -0.15) is 0 Å². The van der Waals surface area contributed by atoms with Crippen molar-refractivity contribution >= 4 is 45.5 Å². The van der Waals surface area contributed by atoms with Crippen molar-refractivity contribution < 1.29 is 28.7 Å². The zero-order valence-corrected chi connectivity index (χ0v) is 21.5. The second-order valence-corrected chi connectivity index (χ2v) is 10.7. The number of fused-ring (bicyclic) bond motifs is 5. The van der Waals surface area contributed by atoms with E-state index in [0.717, 1.165) is 34.2 Å².